The van der Waals surface area contributed by atoms with Gasteiger partial charge in [0.15, 0.2) is 5.69 Å². The summed E-state index contributed by atoms with van der Waals surface area (Å²) in [5, 5.41) is 10.4. The van der Waals surface area contributed by atoms with Crippen LogP contribution in [0.25, 0.3) is 22.0 Å². The molecule has 26 heavy (non-hydrogen) atoms. The lowest BCUT2D eigenvalue weighted by Crippen LogP contribution is -1.98. The molecular formula is C20H15N5O. The fraction of sp³-hybridized carbons (Fsp3) is 0.100. The molecule has 0 bridgehead atoms. The molecule has 0 aliphatic rings. The predicted molar refractivity (Wildman–Crippen MR) is 97.8 cm³/mol. The Morgan fingerprint density at radius 2 is 1.96 bits per heavy atom. The van der Waals surface area contributed by atoms with Crippen LogP contribution in [0.15, 0.2) is 49.1 Å². The van der Waals surface area contributed by atoms with Gasteiger partial charge in [-0.15, -0.1) is 0 Å². The van der Waals surface area contributed by atoms with Crippen molar-refractivity contribution < 1.29 is 4.74 Å². The zero-order chi connectivity index (χ0) is 18.1. The molecule has 4 aromatic rings. The van der Waals surface area contributed by atoms with Crippen LogP contribution in [-0.4, -0.2) is 19.9 Å². The number of aryl methyl sites for hydroxylation is 2. The number of H-pyrrole nitrogens is 1. The Kier molecular flexibility index (Phi) is 3.82. The Balaban J connectivity index is 1.74. The third-order valence-electron chi connectivity index (χ3n) is 4.26. The summed E-state index contributed by atoms with van der Waals surface area (Å²) >= 11 is 0. The van der Waals surface area contributed by atoms with E-state index in [1.165, 1.54) is 6.33 Å². The van der Waals surface area contributed by atoms with Gasteiger partial charge in [-0.25, -0.2) is 15.0 Å². The van der Waals surface area contributed by atoms with E-state index < -0.39 is 0 Å². The summed E-state index contributed by atoms with van der Waals surface area (Å²) in [6.07, 6.45) is 4.98. The van der Waals surface area contributed by atoms with Crippen molar-refractivity contribution in [3.05, 3.63) is 66.0 Å². The molecule has 0 aliphatic carbocycles. The van der Waals surface area contributed by atoms with E-state index in [4.69, 9.17) is 4.74 Å². The van der Waals surface area contributed by atoms with Gasteiger partial charge in [0.05, 0.1) is 0 Å². The average Bonchev–Trinajstić information content (AvgIpc) is 3.12. The van der Waals surface area contributed by atoms with Gasteiger partial charge in [-0.2, -0.15) is 5.26 Å². The van der Waals surface area contributed by atoms with Gasteiger partial charge in [-0.05, 0) is 49.2 Å². The van der Waals surface area contributed by atoms with E-state index >= 15 is 0 Å². The normalized spacial score (nSPS) is 10.7. The Morgan fingerprint density at radius 1 is 1.08 bits per heavy atom. The quantitative estimate of drug-likeness (QED) is 0.600. The van der Waals surface area contributed by atoms with Crippen LogP contribution in [0.5, 0.6) is 11.6 Å². The number of pyridine rings is 1. The summed E-state index contributed by atoms with van der Waals surface area (Å²) in [5.41, 5.74) is 4.63. The molecule has 0 atom stereocenters. The Morgan fingerprint density at radius 3 is 2.77 bits per heavy atom. The lowest BCUT2D eigenvalue weighted by molar-refractivity contribution is 0.468. The second kappa shape index (κ2) is 6.30. The number of aromatic amines is 1. The van der Waals surface area contributed by atoms with E-state index in [-0.39, 0.29) is 0 Å². The molecule has 0 unspecified atom stereocenters. The maximum atomic E-state index is 9.35. The minimum absolute atomic E-state index is 0.368. The fourth-order valence-corrected chi connectivity index (χ4v) is 3.01. The topological polar surface area (TPSA) is 87.5 Å². The molecule has 3 heterocycles. The number of hydrogen-bond acceptors (Lipinski definition) is 5. The first-order valence-corrected chi connectivity index (χ1v) is 8.10. The van der Waals surface area contributed by atoms with Gasteiger partial charge in [0.25, 0.3) is 0 Å². The highest BCUT2D eigenvalue weighted by molar-refractivity contribution is 5.83. The standard InChI is InChI=1S/C20H15N5O/c1-12-9-15(26-20-19-14(5-7-22-19)6-8-23-20)3-4-16(12)18-13(2)24-11-25-17(18)10-21/h3-9,11,22H,1-2H3. The van der Waals surface area contributed by atoms with Crippen molar-refractivity contribution in [2.24, 2.45) is 0 Å². The van der Waals surface area contributed by atoms with Gasteiger partial charge < -0.3 is 9.72 Å². The van der Waals surface area contributed by atoms with Crippen LogP contribution in [0.4, 0.5) is 0 Å². The van der Waals surface area contributed by atoms with E-state index in [2.05, 4.69) is 26.0 Å². The molecule has 4 rings (SSSR count). The molecule has 6 heteroatoms. The zero-order valence-corrected chi connectivity index (χ0v) is 14.3. The molecule has 0 amide bonds. The molecule has 6 nitrogen and oxygen atoms in total. The van der Waals surface area contributed by atoms with Crippen molar-refractivity contribution in [1.29, 1.82) is 5.26 Å². The van der Waals surface area contributed by atoms with Gasteiger partial charge in [-0.3, -0.25) is 0 Å². The summed E-state index contributed by atoms with van der Waals surface area (Å²) in [6.45, 7) is 3.84. The first-order valence-electron chi connectivity index (χ1n) is 8.10. The number of hydrogen-bond donors (Lipinski definition) is 1. The van der Waals surface area contributed by atoms with Gasteiger partial charge >= 0.3 is 0 Å². The van der Waals surface area contributed by atoms with Gasteiger partial charge in [0.1, 0.15) is 23.7 Å². The monoisotopic (exact) mass is 341 g/mol. The summed E-state index contributed by atoms with van der Waals surface area (Å²) in [6, 6.07) is 11.7. The SMILES string of the molecule is Cc1cc(Oc2nccc3cc[nH]c23)ccc1-c1c(C)ncnc1C#N. The first-order chi connectivity index (χ1) is 12.7. The highest BCUT2D eigenvalue weighted by Crippen LogP contribution is 2.32. The first kappa shape index (κ1) is 15.8. The lowest BCUT2D eigenvalue weighted by Gasteiger charge is -2.12. The van der Waals surface area contributed by atoms with E-state index in [1.54, 1.807) is 6.20 Å². The molecule has 0 radical (unpaired) electrons. The van der Waals surface area contributed by atoms with Crippen molar-refractivity contribution in [3.8, 4) is 28.8 Å². The van der Waals surface area contributed by atoms with E-state index in [0.717, 1.165) is 33.3 Å². The molecule has 0 aliphatic heterocycles. The second-order valence-corrected chi connectivity index (χ2v) is 5.93. The number of benzene rings is 1. The number of fused-ring (bicyclic) bond motifs is 1. The van der Waals surface area contributed by atoms with Crippen molar-refractivity contribution >= 4 is 10.9 Å². The fourth-order valence-electron chi connectivity index (χ4n) is 3.01. The number of nitrogens with zero attached hydrogens (tertiary/aromatic N) is 4. The van der Waals surface area contributed by atoms with Gasteiger partial charge in [0, 0.05) is 29.0 Å². The number of aromatic nitrogens is 4. The number of nitriles is 1. The zero-order valence-electron chi connectivity index (χ0n) is 14.3. The van der Waals surface area contributed by atoms with Crippen molar-refractivity contribution in [1.82, 2.24) is 19.9 Å². The second-order valence-electron chi connectivity index (χ2n) is 5.93. The Labute approximate surface area is 150 Å². The van der Waals surface area contributed by atoms with Crippen LogP contribution in [0.2, 0.25) is 0 Å². The number of rotatable bonds is 3. The van der Waals surface area contributed by atoms with E-state index in [1.807, 2.05) is 50.4 Å². The predicted octanol–water partition coefficient (Wildman–Crippen LogP) is 4.30. The maximum absolute atomic E-state index is 9.35. The molecule has 126 valence electrons. The third-order valence-corrected chi connectivity index (χ3v) is 4.26. The van der Waals surface area contributed by atoms with Crippen LogP contribution in [0.3, 0.4) is 0 Å². The Hall–Kier alpha value is -3.72. The highest BCUT2D eigenvalue weighted by atomic mass is 16.5. The summed E-state index contributed by atoms with van der Waals surface area (Å²) in [5.74, 6) is 1.20. The van der Waals surface area contributed by atoms with Crippen LogP contribution in [0.1, 0.15) is 17.0 Å². The Bertz CT molecular complexity index is 1160. The third kappa shape index (κ3) is 2.66. The summed E-state index contributed by atoms with van der Waals surface area (Å²) in [7, 11) is 0. The molecule has 1 N–H and O–H groups in total. The van der Waals surface area contributed by atoms with Crippen LogP contribution in [-0.2, 0) is 0 Å². The number of nitrogens with one attached hydrogen (secondary N) is 1. The minimum atomic E-state index is 0.368. The molecule has 0 fully saturated rings. The summed E-state index contributed by atoms with van der Waals surface area (Å²) < 4.78 is 5.97. The minimum Gasteiger partial charge on any atom is -0.437 e. The van der Waals surface area contributed by atoms with E-state index in [0.29, 0.717) is 17.3 Å². The molecular weight excluding hydrogens is 326 g/mol. The van der Waals surface area contributed by atoms with Crippen LogP contribution >= 0.6 is 0 Å². The molecule has 1 aromatic carbocycles. The lowest BCUT2D eigenvalue weighted by atomic mass is 9.98. The van der Waals surface area contributed by atoms with Crippen molar-refractivity contribution in [3.63, 3.8) is 0 Å². The van der Waals surface area contributed by atoms with E-state index in [9.17, 15) is 5.26 Å². The highest BCUT2D eigenvalue weighted by Gasteiger charge is 2.14. The average molecular weight is 341 g/mol. The van der Waals surface area contributed by atoms with Crippen LogP contribution in [0, 0.1) is 25.2 Å². The molecule has 0 saturated heterocycles. The number of ether oxygens (including phenoxy) is 1. The maximum Gasteiger partial charge on any atom is 0.243 e. The smallest absolute Gasteiger partial charge is 0.243 e. The molecule has 0 saturated carbocycles. The van der Waals surface area contributed by atoms with Gasteiger partial charge in [0.2, 0.25) is 5.88 Å². The van der Waals surface area contributed by atoms with Gasteiger partial charge in [-0.1, -0.05) is 6.07 Å². The van der Waals surface area contributed by atoms with Crippen LogP contribution < -0.4 is 4.74 Å². The summed E-state index contributed by atoms with van der Waals surface area (Å²) in [4.78, 5) is 15.7. The molecule has 0 spiro atoms. The van der Waals surface area contributed by atoms with Crippen molar-refractivity contribution in [2.75, 3.05) is 0 Å². The van der Waals surface area contributed by atoms with Crippen molar-refractivity contribution in [2.45, 2.75) is 13.8 Å². The molecule has 3 aromatic heterocycles. The largest absolute Gasteiger partial charge is 0.437 e.